The van der Waals surface area contributed by atoms with Crippen LogP contribution in [0.1, 0.15) is 33.9 Å². The molecule has 30 heavy (non-hydrogen) atoms. The number of benzene rings is 1. The normalized spacial score (nSPS) is 11.3. The predicted octanol–water partition coefficient (Wildman–Crippen LogP) is 4.10. The van der Waals surface area contributed by atoms with Crippen molar-refractivity contribution < 1.29 is 0 Å². The number of anilines is 1. The summed E-state index contributed by atoms with van der Waals surface area (Å²) in [4.78, 5) is 13.5. The van der Waals surface area contributed by atoms with Crippen molar-refractivity contribution in [2.45, 2.75) is 33.4 Å². The van der Waals surface area contributed by atoms with Gasteiger partial charge in [-0.1, -0.05) is 17.7 Å². The van der Waals surface area contributed by atoms with Gasteiger partial charge in [0.25, 0.3) is 0 Å². The van der Waals surface area contributed by atoms with Gasteiger partial charge in [0.15, 0.2) is 0 Å². The number of aryl methyl sites for hydroxylation is 3. The summed E-state index contributed by atoms with van der Waals surface area (Å²) < 4.78 is 2.08. The number of nitrogen functional groups attached to an aromatic ring is 1. The van der Waals surface area contributed by atoms with Crippen LogP contribution in [0, 0.1) is 13.8 Å². The maximum atomic E-state index is 6.08. The summed E-state index contributed by atoms with van der Waals surface area (Å²) in [6.45, 7) is 5.47. The summed E-state index contributed by atoms with van der Waals surface area (Å²) in [5.74, 6) is 1.58. The summed E-state index contributed by atoms with van der Waals surface area (Å²) in [5.41, 5.74) is 12.2. The lowest BCUT2D eigenvalue weighted by atomic mass is 10.1. The number of imidazole rings is 1. The molecule has 3 N–H and O–H groups in total. The monoisotopic (exact) mass is 420 g/mol. The van der Waals surface area contributed by atoms with Crippen LogP contribution in [0.5, 0.6) is 0 Å². The molecule has 0 bridgehead atoms. The molecule has 0 aliphatic carbocycles. The fourth-order valence-electron chi connectivity index (χ4n) is 3.74. The Balaban J connectivity index is 1.43. The second-order valence-electron chi connectivity index (χ2n) is 7.65. The topological polar surface area (TPSA) is 81.6 Å². The van der Waals surface area contributed by atoms with E-state index in [1.165, 1.54) is 11.1 Å². The van der Waals surface area contributed by atoms with Crippen molar-refractivity contribution in [3.63, 3.8) is 0 Å². The van der Waals surface area contributed by atoms with E-state index in [-0.39, 0.29) is 0 Å². The molecule has 6 nitrogen and oxygen atoms in total. The number of hydrogen-bond donors (Lipinski definition) is 2. The molecule has 0 radical (unpaired) electrons. The van der Waals surface area contributed by atoms with Crippen LogP contribution in [0.3, 0.4) is 0 Å². The van der Waals surface area contributed by atoms with E-state index in [0.717, 1.165) is 46.6 Å². The number of fused-ring (bicyclic) bond motifs is 1. The van der Waals surface area contributed by atoms with Crippen molar-refractivity contribution in [3.05, 3.63) is 81.7 Å². The number of nitrogens with one attached hydrogen (secondary N) is 1. The van der Waals surface area contributed by atoms with Gasteiger partial charge in [-0.25, -0.2) is 9.97 Å². The Bertz CT molecular complexity index is 1190. The van der Waals surface area contributed by atoms with Gasteiger partial charge >= 0.3 is 0 Å². The molecular weight excluding hydrogens is 396 g/mol. The molecule has 0 spiro atoms. The van der Waals surface area contributed by atoms with Crippen molar-refractivity contribution in [2.24, 2.45) is 7.05 Å². The second kappa shape index (κ2) is 8.42. The van der Waals surface area contributed by atoms with Crippen LogP contribution in [0.2, 0.25) is 5.02 Å². The zero-order chi connectivity index (χ0) is 21.3. The number of aromatic nitrogens is 4. The number of nitrogens with two attached hydrogens (primary N) is 1. The van der Waals surface area contributed by atoms with Gasteiger partial charge in [-0.2, -0.15) is 0 Å². The number of hydrogen-bond acceptors (Lipinski definition) is 5. The van der Waals surface area contributed by atoms with Crippen molar-refractivity contribution >= 4 is 28.3 Å². The number of rotatable bonds is 6. The molecule has 3 aromatic heterocycles. The van der Waals surface area contributed by atoms with Crippen molar-refractivity contribution in [2.75, 3.05) is 5.73 Å². The largest absolute Gasteiger partial charge is 0.384 e. The van der Waals surface area contributed by atoms with Gasteiger partial charge < -0.3 is 15.6 Å². The van der Waals surface area contributed by atoms with Gasteiger partial charge in [0.05, 0.1) is 16.2 Å². The lowest BCUT2D eigenvalue weighted by Gasteiger charge is -2.10. The fraction of sp³-hybridized carbons (Fsp3) is 0.261. The molecule has 0 saturated heterocycles. The molecule has 0 unspecified atom stereocenters. The Labute approximate surface area is 181 Å². The van der Waals surface area contributed by atoms with Crippen LogP contribution in [0.4, 0.5) is 5.82 Å². The van der Waals surface area contributed by atoms with E-state index in [0.29, 0.717) is 17.4 Å². The molecule has 0 aliphatic heterocycles. The standard InChI is InChI=1S/C23H25ClN6/c1-14-6-22(25)28-15(2)20(14)12-26-11-19-13-30(3)23(29-19)8-16-4-5-21-17(7-16)9-18(24)10-27-21/h4-7,9-10,13,26H,8,11-12H2,1-3H3,(H2,25,28). The average molecular weight is 421 g/mol. The number of nitrogens with zero attached hydrogens (tertiary/aromatic N) is 4. The quantitative estimate of drug-likeness (QED) is 0.490. The van der Waals surface area contributed by atoms with Crippen LogP contribution in [-0.2, 0) is 26.6 Å². The van der Waals surface area contributed by atoms with Crippen LogP contribution in [-0.4, -0.2) is 19.5 Å². The van der Waals surface area contributed by atoms with Crippen molar-refractivity contribution in [1.82, 2.24) is 24.8 Å². The first-order valence-electron chi connectivity index (χ1n) is 9.87. The predicted molar refractivity (Wildman–Crippen MR) is 121 cm³/mol. The Morgan fingerprint density at radius 1 is 1.10 bits per heavy atom. The van der Waals surface area contributed by atoms with E-state index in [9.17, 15) is 0 Å². The van der Waals surface area contributed by atoms with Crippen LogP contribution >= 0.6 is 11.6 Å². The molecule has 1 aromatic carbocycles. The summed E-state index contributed by atoms with van der Waals surface area (Å²) in [6.07, 6.45) is 4.49. The molecule has 0 amide bonds. The first-order chi connectivity index (χ1) is 14.4. The smallest absolute Gasteiger partial charge is 0.123 e. The first kappa shape index (κ1) is 20.3. The third-order valence-electron chi connectivity index (χ3n) is 5.28. The lowest BCUT2D eigenvalue weighted by molar-refractivity contribution is 0.673. The molecule has 0 fully saturated rings. The highest BCUT2D eigenvalue weighted by molar-refractivity contribution is 6.31. The van der Waals surface area contributed by atoms with Crippen LogP contribution < -0.4 is 11.1 Å². The Morgan fingerprint density at radius 2 is 1.93 bits per heavy atom. The third-order valence-corrected chi connectivity index (χ3v) is 5.49. The van der Waals surface area contributed by atoms with E-state index in [2.05, 4.69) is 45.1 Å². The minimum Gasteiger partial charge on any atom is -0.384 e. The molecule has 4 aromatic rings. The van der Waals surface area contributed by atoms with Crippen molar-refractivity contribution in [3.8, 4) is 0 Å². The third kappa shape index (κ3) is 4.45. The second-order valence-corrected chi connectivity index (χ2v) is 8.08. The lowest BCUT2D eigenvalue weighted by Crippen LogP contribution is -2.15. The minimum atomic E-state index is 0.565. The zero-order valence-corrected chi connectivity index (χ0v) is 18.2. The van der Waals surface area contributed by atoms with Gasteiger partial charge in [0.2, 0.25) is 0 Å². The average Bonchev–Trinajstić information content (AvgIpc) is 3.02. The summed E-state index contributed by atoms with van der Waals surface area (Å²) in [5, 5.41) is 5.16. The van der Waals surface area contributed by atoms with Crippen LogP contribution in [0.25, 0.3) is 10.9 Å². The van der Waals surface area contributed by atoms with E-state index in [4.69, 9.17) is 22.3 Å². The molecule has 4 rings (SSSR count). The van der Waals surface area contributed by atoms with E-state index in [1.807, 2.05) is 32.2 Å². The Kier molecular flexibility index (Phi) is 5.70. The highest BCUT2D eigenvalue weighted by atomic mass is 35.5. The highest BCUT2D eigenvalue weighted by Crippen LogP contribution is 2.20. The molecule has 0 aliphatic rings. The van der Waals surface area contributed by atoms with Crippen LogP contribution in [0.15, 0.2) is 42.7 Å². The van der Waals surface area contributed by atoms with E-state index in [1.54, 1.807) is 6.20 Å². The highest BCUT2D eigenvalue weighted by Gasteiger charge is 2.09. The maximum absolute atomic E-state index is 6.08. The number of pyridine rings is 2. The Morgan fingerprint density at radius 3 is 2.73 bits per heavy atom. The van der Waals surface area contributed by atoms with Gasteiger partial charge in [-0.15, -0.1) is 0 Å². The van der Waals surface area contributed by atoms with E-state index >= 15 is 0 Å². The summed E-state index contributed by atoms with van der Waals surface area (Å²) in [7, 11) is 2.03. The molecule has 7 heteroatoms. The first-order valence-corrected chi connectivity index (χ1v) is 10.3. The molecular formula is C23H25ClN6. The molecule has 154 valence electrons. The fourth-order valence-corrected chi connectivity index (χ4v) is 3.90. The van der Waals surface area contributed by atoms with Gasteiger partial charge in [0.1, 0.15) is 11.6 Å². The SMILES string of the molecule is Cc1cc(N)nc(C)c1CNCc1cn(C)c(Cc2ccc3ncc(Cl)cc3c2)n1. The molecule has 0 atom stereocenters. The molecule has 3 heterocycles. The van der Waals surface area contributed by atoms with Gasteiger partial charge in [-0.3, -0.25) is 4.98 Å². The summed E-state index contributed by atoms with van der Waals surface area (Å²) >= 11 is 6.08. The zero-order valence-electron chi connectivity index (χ0n) is 17.4. The number of halogens is 1. The maximum Gasteiger partial charge on any atom is 0.123 e. The van der Waals surface area contributed by atoms with E-state index < -0.39 is 0 Å². The van der Waals surface area contributed by atoms with Gasteiger partial charge in [-0.05, 0) is 54.8 Å². The molecule has 0 saturated carbocycles. The van der Waals surface area contributed by atoms with Gasteiger partial charge in [0, 0.05) is 50.0 Å². The van der Waals surface area contributed by atoms with Crippen molar-refractivity contribution in [1.29, 1.82) is 0 Å². The minimum absolute atomic E-state index is 0.565. The Hall–Kier alpha value is -2.96. The summed E-state index contributed by atoms with van der Waals surface area (Å²) in [6, 6.07) is 10.1.